The van der Waals surface area contributed by atoms with Gasteiger partial charge in [0.1, 0.15) is 11.7 Å². The SMILES string of the molecule is C[C@H]1C[C@@H]1C[C@@H](C(=O)Nc1ccc(C(=O)O)cc1)c1ccc(-c2c(OC(F)F)ccc(Cl)c2F)c[n+]1[O-]. The Morgan fingerprint density at radius 1 is 1.19 bits per heavy atom. The highest BCUT2D eigenvalue weighted by Crippen LogP contribution is 2.45. The van der Waals surface area contributed by atoms with Crippen LogP contribution in [0.15, 0.2) is 54.7 Å². The van der Waals surface area contributed by atoms with Crippen molar-refractivity contribution in [3.05, 3.63) is 82.0 Å². The van der Waals surface area contributed by atoms with Crippen LogP contribution in [-0.4, -0.2) is 23.6 Å². The van der Waals surface area contributed by atoms with Crippen molar-refractivity contribution < 1.29 is 37.3 Å². The van der Waals surface area contributed by atoms with E-state index in [-0.39, 0.29) is 27.8 Å². The van der Waals surface area contributed by atoms with Crippen molar-refractivity contribution in [3.8, 4) is 16.9 Å². The zero-order valence-electron chi connectivity index (χ0n) is 19.5. The lowest BCUT2D eigenvalue weighted by atomic mass is 9.94. The van der Waals surface area contributed by atoms with Gasteiger partial charge in [0.15, 0.2) is 12.0 Å². The third kappa shape index (κ3) is 5.96. The first-order valence-corrected chi connectivity index (χ1v) is 11.7. The van der Waals surface area contributed by atoms with Crippen molar-refractivity contribution in [2.24, 2.45) is 11.8 Å². The monoisotopic (exact) mass is 534 g/mol. The van der Waals surface area contributed by atoms with E-state index in [1.54, 1.807) is 0 Å². The number of nitrogens with zero attached hydrogens (tertiary/aromatic N) is 1. The molecule has 0 saturated heterocycles. The number of carboxylic acids is 1. The Labute approximate surface area is 215 Å². The fourth-order valence-corrected chi connectivity index (χ4v) is 4.38. The summed E-state index contributed by atoms with van der Waals surface area (Å²) in [6.07, 6.45) is 2.27. The van der Waals surface area contributed by atoms with Crippen LogP contribution in [-0.2, 0) is 4.79 Å². The molecule has 1 aromatic heterocycles. The molecule has 1 fully saturated rings. The topological polar surface area (TPSA) is 103 Å². The van der Waals surface area contributed by atoms with Crippen molar-refractivity contribution in [3.63, 3.8) is 0 Å². The molecule has 3 atom stereocenters. The number of alkyl halides is 2. The lowest BCUT2D eigenvalue weighted by Gasteiger charge is -2.18. The van der Waals surface area contributed by atoms with Gasteiger partial charge in [-0.15, -0.1) is 0 Å². The second-order valence-electron chi connectivity index (χ2n) is 8.91. The Hall–Kier alpha value is -3.79. The van der Waals surface area contributed by atoms with Crippen molar-refractivity contribution >= 4 is 29.2 Å². The second-order valence-corrected chi connectivity index (χ2v) is 9.32. The molecule has 0 spiro atoms. The van der Waals surface area contributed by atoms with Gasteiger partial charge in [0.2, 0.25) is 11.6 Å². The van der Waals surface area contributed by atoms with Gasteiger partial charge in [0.25, 0.3) is 0 Å². The Bertz CT molecular complexity index is 1340. The average molecular weight is 535 g/mol. The third-order valence-corrected chi connectivity index (χ3v) is 6.69. The van der Waals surface area contributed by atoms with Gasteiger partial charge in [-0.25, -0.2) is 9.18 Å². The van der Waals surface area contributed by atoms with Gasteiger partial charge in [-0.1, -0.05) is 18.5 Å². The van der Waals surface area contributed by atoms with Gasteiger partial charge in [-0.05, 0) is 67.1 Å². The smallest absolute Gasteiger partial charge is 0.387 e. The number of anilines is 1. The first-order valence-electron chi connectivity index (χ1n) is 11.4. The Balaban J connectivity index is 1.66. The Kier molecular flexibility index (Phi) is 7.58. The summed E-state index contributed by atoms with van der Waals surface area (Å²) in [5, 5.41) is 24.5. The van der Waals surface area contributed by atoms with E-state index >= 15 is 0 Å². The number of hydrogen-bond acceptors (Lipinski definition) is 4. The molecule has 0 bridgehead atoms. The number of nitrogens with one attached hydrogen (secondary N) is 1. The lowest BCUT2D eigenvalue weighted by molar-refractivity contribution is -0.614. The Morgan fingerprint density at radius 2 is 1.86 bits per heavy atom. The fraction of sp³-hybridized carbons (Fsp3) is 0.269. The molecule has 1 heterocycles. The highest BCUT2D eigenvalue weighted by Gasteiger charge is 2.40. The summed E-state index contributed by atoms with van der Waals surface area (Å²) in [6.45, 7) is -1.19. The molecule has 1 aliphatic rings. The van der Waals surface area contributed by atoms with Crippen LogP contribution in [0.3, 0.4) is 0 Å². The molecule has 3 aromatic rings. The first-order chi connectivity index (χ1) is 17.5. The van der Waals surface area contributed by atoms with Gasteiger partial charge in [-0.3, -0.25) is 4.79 Å². The molecule has 0 unspecified atom stereocenters. The average Bonchev–Trinajstić information content (AvgIpc) is 3.54. The van der Waals surface area contributed by atoms with Crippen LogP contribution in [0, 0.1) is 22.9 Å². The maximum absolute atomic E-state index is 14.8. The molecule has 7 nitrogen and oxygen atoms in total. The predicted octanol–water partition coefficient (Wildman–Crippen LogP) is 5.85. The maximum atomic E-state index is 14.8. The molecule has 11 heteroatoms. The summed E-state index contributed by atoms with van der Waals surface area (Å²) in [6, 6.07) is 10.4. The van der Waals surface area contributed by atoms with Crippen molar-refractivity contribution in [1.29, 1.82) is 0 Å². The number of halogens is 4. The molecule has 4 rings (SSSR count). The summed E-state index contributed by atoms with van der Waals surface area (Å²) in [4.78, 5) is 24.3. The van der Waals surface area contributed by atoms with E-state index in [9.17, 15) is 28.0 Å². The quantitative estimate of drug-likeness (QED) is 0.265. The normalized spacial score (nSPS) is 17.4. The summed E-state index contributed by atoms with van der Waals surface area (Å²) >= 11 is 5.83. The molecule has 2 aromatic carbocycles. The Morgan fingerprint density at radius 3 is 2.43 bits per heavy atom. The molecule has 1 aliphatic carbocycles. The molecule has 0 radical (unpaired) electrons. The van der Waals surface area contributed by atoms with Crippen LogP contribution < -0.4 is 14.8 Å². The number of pyridine rings is 1. The number of aromatic nitrogens is 1. The lowest BCUT2D eigenvalue weighted by Crippen LogP contribution is -2.37. The number of hydrogen-bond donors (Lipinski definition) is 2. The van der Waals surface area contributed by atoms with Crippen LogP contribution in [0.2, 0.25) is 5.02 Å². The highest BCUT2D eigenvalue weighted by molar-refractivity contribution is 6.31. The molecule has 194 valence electrons. The number of carbonyl (C=O) groups excluding carboxylic acids is 1. The predicted molar refractivity (Wildman–Crippen MR) is 129 cm³/mol. The molecule has 1 amide bonds. The van der Waals surface area contributed by atoms with Gasteiger partial charge in [-0.2, -0.15) is 13.5 Å². The highest BCUT2D eigenvalue weighted by atomic mass is 35.5. The van der Waals surface area contributed by atoms with Crippen molar-refractivity contribution in [1.82, 2.24) is 0 Å². The third-order valence-electron chi connectivity index (χ3n) is 6.39. The molecule has 2 N–H and O–H groups in total. The zero-order chi connectivity index (χ0) is 26.9. The number of aromatic carboxylic acids is 1. The van der Waals surface area contributed by atoms with Gasteiger partial charge >= 0.3 is 12.6 Å². The minimum atomic E-state index is -3.23. The zero-order valence-corrected chi connectivity index (χ0v) is 20.2. The van der Waals surface area contributed by atoms with E-state index in [0.717, 1.165) is 24.8 Å². The summed E-state index contributed by atoms with van der Waals surface area (Å²) in [7, 11) is 0. The molecule has 37 heavy (non-hydrogen) atoms. The van der Waals surface area contributed by atoms with E-state index in [1.165, 1.54) is 36.4 Å². The van der Waals surface area contributed by atoms with Crippen LogP contribution in [0.5, 0.6) is 5.75 Å². The number of amides is 1. The summed E-state index contributed by atoms with van der Waals surface area (Å²) in [5.41, 5.74) is 0.0312. The minimum absolute atomic E-state index is 0.0535. The number of carbonyl (C=O) groups is 2. The van der Waals surface area contributed by atoms with E-state index in [0.29, 0.717) is 22.8 Å². The molecular formula is C26H22ClF3N2O5. The van der Waals surface area contributed by atoms with Crippen LogP contribution in [0.25, 0.3) is 11.1 Å². The number of ether oxygens (including phenoxy) is 1. The number of benzene rings is 2. The second kappa shape index (κ2) is 10.7. The maximum Gasteiger partial charge on any atom is 0.387 e. The summed E-state index contributed by atoms with van der Waals surface area (Å²) in [5.74, 6) is -3.37. The van der Waals surface area contributed by atoms with E-state index < -0.39 is 41.5 Å². The number of carboxylic acid groups (broad SMARTS) is 1. The van der Waals surface area contributed by atoms with Gasteiger partial charge < -0.3 is 20.4 Å². The van der Waals surface area contributed by atoms with E-state index in [4.69, 9.17) is 16.7 Å². The van der Waals surface area contributed by atoms with Crippen molar-refractivity contribution in [2.45, 2.75) is 32.3 Å². The van der Waals surface area contributed by atoms with E-state index in [2.05, 4.69) is 10.1 Å². The fourth-order valence-electron chi connectivity index (χ4n) is 4.22. The van der Waals surface area contributed by atoms with Gasteiger partial charge in [0.05, 0.1) is 21.7 Å². The van der Waals surface area contributed by atoms with Gasteiger partial charge in [0, 0.05) is 11.8 Å². The summed E-state index contributed by atoms with van der Waals surface area (Å²) < 4.78 is 45.3. The van der Waals surface area contributed by atoms with Crippen LogP contribution in [0.4, 0.5) is 18.9 Å². The largest absolute Gasteiger partial charge is 0.618 e. The molecule has 1 saturated carbocycles. The number of rotatable bonds is 9. The van der Waals surface area contributed by atoms with Crippen LogP contribution >= 0.6 is 11.6 Å². The minimum Gasteiger partial charge on any atom is -0.618 e. The molecular weight excluding hydrogens is 513 g/mol. The van der Waals surface area contributed by atoms with E-state index in [1.807, 2.05) is 6.92 Å². The standard InChI is InChI=1S/C26H22ClF3N2O5/c1-13-10-16(13)11-18(24(33)31-17-5-2-14(3-6-17)25(34)35)20-8-4-15(12-32(20)36)22-21(37-26(29)30)9-7-19(27)23(22)28/h2-9,12-13,16,18,26H,10-11H2,1H3,(H,31,33)(H,34,35)/t13-,16+,18+/m0/s1. The van der Waals surface area contributed by atoms with Crippen LogP contribution in [0.1, 0.15) is 41.7 Å². The first kappa shape index (κ1) is 26.3. The van der Waals surface area contributed by atoms with Crippen molar-refractivity contribution in [2.75, 3.05) is 5.32 Å². The molecule has 0 aliphatic heterocycles.